The summed E-state index contributed by atoms with van der Waals surface area (Å²) < 4.78 is 10.3. The van der Waals surface area contributed by atoms with Crippen LogP contribution in [0.5, 0.6) is 5.75 Å². The molecule has 0 aliphatic heterocycles. The fourth-order valence-corrected chi connectivity index (χ4v) is 3.52. The first-order valence-electron chi connectivity index (χ1n) is 11.0. The van der Waals surface area contributed by atoms with Gasteiger partial charge in [-0.05, 0) is 74.1 Å². The van der Waals surface area contributed by atoms with Crippen LogP contribution in [-0.2, 0) is 11.3 Å². The maximum Gasteiger partial charge on any atom is 0.338 e. The molecule has 0 saturated carbocycles. The number of rotatable bonds is 9. The van der Waals surface area contributed by atoms with Crippen LogP contribution in [0, 0.1) is 10.1 Å². The second kappa shape index (κ2) is 12.4. The molecule has 2 aromatic carbocycles. The third kappa shape index (κ3) is 6.60. The van der Waals surface area contributed by atoms with Crippen molar-refractivity contribution in [2.45, 2.75) is 20.4 Å². The molecule has 1 aromatic heterocycles. The van der Waals surface area contributed by atoms with E-state index in [0.717, 1.165) is 11.6 Å². The summed E-state index contributed by atoms with van der Waals surface area (Å²) in [5.41, 5.74) is 1.53. The SMILES string of the molecule is CCOC(=O)c1ccc(N(Cc2cccnc2)C(=S)NC(=O)c2ccc(OCC)c([N+](=O)[O-])c2)cc1. The lowest BCUT2D eigenvalue weighted by atomic mass is 10.1. The van der Waals surface area contributed by atoms with Gasteiger partial charge in [0.15, 0.2) is 10.9 Å². The zero-order chi connectivity index (χ0) is 26.1. The maximum atomic E-state index is 12.9. The largest absolute Gasteiger partial charge is 0.487 e. The van der Waals surface area contributed by atoms with E-state index in [1.165, 1.54) is 12.1 Å². The van der Waals surface area contributed by atoms with Crippen molar-refractivity contribution in [2.24, 2.45) is 0 Å². The highest BCUT2D eigenvalue weighted by atomic mass is 32.1. The number of benzene rings is 2. The van der Waals surface area contributed by atoms with Gasteiger partial charge in [0.2, 0.25) is 0 Å². The van der Waals surface area contributed by atoms with E-state index in [1.807, 2.05) is 6.07 Å². The van der Waals surface area contributed by atoms with Gasteiger partial charge in [0, 0.05) is 29.7 Å². The van der Waals surface area contributed by atoms with Crippen molar-refractivity contribution in [2.75, 3.05) is 18.1 Å². The number of nitro groups is 1. The van der Waals surface area contributed by atoms with Crippen LogP contribution in [-0.4, -0.2) is 40.1 Å². The predicted molar refractivity (Wildman–Crippen MR) is 137 cm³/mol. The molecule has 0 aliphatic carbocycles. The number of thiocarbonyl (C=S) groups is 1. The van der Waals surface area contributed by atoms with Crippen molar-refractivity contribution in [3.8, 4) is 5.75 Å². The van der Waals surface area contributed by atoms with E-state index in [2.05, 4.69) is 10.3 Å². The highest BCUT2D eigenvalue weighted by Crippen LogP contribution is 2.28. The van der Waals surface area contributed by atoms with E-state index in [1.54, 1.807) is 61.5 Å². The number of anilines is 1. The quantitative estimate of drug-likeness (QED) is 0.195. The van der Waals surface area contributed by atoms with Gasteiger partial charge >= 0.3 is 11.7 Å². The minimum atomic E-state index is -0.620. The number of pyridine rings is 1. The lowest BCUT2D eigenvalue weighted by Crippen LogP contribution is -2.42. The second-order valence-corrected chi connectivity index (χ2v) is 7.73. The molecular formula is C25H24N4O6S. The van der Waals surface area contributed by atoms with Gasteiger partial charge in [-0.2, -0.15) is 0 Å². The van der Waals surface area contributed by atoms with E-state index in [9.17, 15) is 19.7 Å². The highest BCUT2D eigenvalue weighted by Gasteiger charge is 2.21. The number of hydrogen-bond acceptors (Lipinski definition) is 8. The van der Waals surface area contributed by atoms with Crippen LogP contribution in [0.3, 0.4) is 0 Å². The molecule has 0 fully saturated rings. The first-order valence-corrected chi connectivity index (χ1v) is 11.4. The van der Waals surface area contributed by atoms with Crippen LogP contribution in [0.25, 0.3) is 0 Å². The number of hydrogen-bond donors (Lipinski definition) is 1. The maximum absolute atomic E-state index is 12.9. The van der Waals surface area contributed by atoms with Crippen molar-refractivity contribution in [3.05, 3.63) is 93.8 Å². The Morgan fingerprint density at radius 1 is 1.08 bits per heavy atom. The first kappa shape index (κ1) is 26.2. The number of nitro benzene ring substituents is 1. The monoisotopic (exact) mass is 508 g/mol. The summed E-state index contributed by atoms with van der Waals surface area (Å²) in [4.78, 5) is 41.5. The van der Waals surface area contributed by atoms with Crippen molar-refractivity contribution in [3.63, 3.8) is 0 Å². The average molecular weight is 509 g/mol. The van der Waals surface area contributed by atoms with Gasteiger partial charge in [0.1, 0.15) is 0 Å². The number of esters is 1. The molecule has 0 aliphatic rings. The van der Waals surface area contributed by atoms with Crippen molar-refractivity contribution < 1.29 is 24.0 Å². The molecule has 10 nitrogen and oxygen atoms in total. The van der Waals surface area contributed by atoms with Crippen LogP contribution in [0.4, 0.5) is 11.4 Å². The summed E-state index contributed by atoms with van der Waals surface area (Å²) in [5.74, 6) is -0.997. The number of carbonyl (C=O) groups is 2. The molecule has 0 spiro atoms. The molecule has 36 heavy (non-hydrogen) atoms. The molecule has 186 valence electrons. The Balaban J connectivity index is 1.86. The number of aromatic nitrogens is 1. The standard InChI is InChI=1S/C25H24N4O6S/c1-3-34-22-12-9-19(14-21(22)29(32)33)23(30)27-25(36)28(16-17-6-5-13-26-15-17)20-10-7-18(8-11-20)24(31)35-4-2/h5-15H,3-4,16H2,1-2H3,(H,27,30,36). The van der Waals surface area contributed by atoms with Gasteiger partial charge < -0.3 is 14.4 Å². The van der Waals surface area contributed by atoms with E-state index in [4.69, 9.17) is 21.7 Å². The molecule has 11 heteroatoms. The van der Waals surface area contributed by atoms with Gasteiger partial charge in [0.25, 0.3) is 5.91 Å². The van der Waals surface area contributed by atoms with Crippen molar-refractivity contribution >= 4 is 40.6 Å². The zero-order valence-corrected chi connectivity index (χ0v) is 20.5. The minimum absolute atomic E-state index is 0.0477. The molecule has 0 bridgehead atoms. The summed E-state index contributed by atoms with van der Waals surface area (Å²) in [6.45, 7) is 4.21. The Kier molecular flexibility index (Phi) is 9.01. The molecule has 0 radical (unpaired) electrons. The normalized spacial score (nSPS) is 10.3. The molecule has 1 N–H and O–H groups in total. The minimum Gasteiger partial charge on any atom is -0.487 e. The average Bonchev–Trinajstić information content (AvgIpc) is 2.88. The Morgan fingerprint density at radius 3 is 2.42 bits per heavy atom. The summed E-state index contributed by atoms with van der Waals surface area (Å²) in [6.07, 6.45) is 3.31. The predicted octanol–water partition coefficient (Wildman–Crippen LogP) is 4.29. The van der Waals surface area contributed by atoms with Gasteiger partial charge in [-0.1, -0.05) is 6.07 Å². The summed E-state index contributed by atoms with van der Waals surface area (Å²) >= 11 is 5.53. The van der Waals surface area contributed by atoms with Crippen molar-refractivity contribution in [1.82, 2.24) is 10.3 Å². The van der Waals surface area contributed by atoms with E-state index >= 15 is 0 Å². The van der Waals surface area contributed by atoms with Crippen molar-refractivity contribution in [1.29, 1.82) is 0 Å². The van der Waals surface area contributed by atoms with Crippen LogP contribution in [0.15, 0.2) is 67.0 Å². The van der Waals surface area contributed by atoms with Crippen LogP contribution >= 0.6 is 12.2 Å². The Bertz CT molecular complexity index is 1250. The fraction of sp³-hybridized carbons (Fsp3) is 0.200. The van der Waals surface area contributed by atoms with Crippen LogP contribution in [0.1, 0.15) is 40.1 Å². The number of ether oxygens (including phenoxy) is 2. The number of nitrogens with zero attached hydrogens (tertiary/aromatic N) is 3. The van der Waals surface area contributed by atoms with Gasteiger partial charge in [-0.25, -0.2) is 4.79 Å². The Hall–Kier alpha value is -4.38. The fourth-order valence-electron chi connectivity index (χ4n) is 3.26. The molecule has 0 atom stereocenters. The Labute approximate surface area is 213 Å². The zero-order valence-electron chi connectivity index (χ0n) is 19.7. The van der Waals surface area contributed by atoms with E-state index in [-0.39, 0.29) is 41.9 Å². The van der Waals surface area contributed by atoms with Gasteiger partial charge in [-0.15, -0.1) is 0 Å². The Morgan fingerprint density at radius 2 is 1.81 bits per heavy atom. The van der Waals surface area contributed by atoms with Crippen LogP contribution in [0.2, 0.25) is 0 Å². The van der Waals surface area contributed by atoms with E-state index in [0.29, 0.717) is 11.3 Å². The first-order chi connectivity index (χ1) is 17.3. The highest BCUT2D eigenvalue weighted by molar-refractivity contribution is 7.80. The van der Waals surface area contributed by atoms with Crippen LogP contribution < -0.4 is 15.0 Å². The molecule has 0 unspecified atom stereocenters. The third-order valence-electron chi connectivity index (χ3n) is 4.94. The number of carbonyl (C=O) groups excluding carboxylic acids is 2. The second-order valence-electron chi connectivity index (χ2n) is 7.35. The molecule has 3 aromatic rings. The summed E-state index contributed by atoms with van der Waals surface area (Å²) in [6, 6.07) is 14.1. The molecule has 1 heterocycles. The molecule has 1 amide bonds. The third-order valence-corrected chi connectivity index (χ3v) is 5.26. The number of nitrogens with one attached hydrogen (secondary N) is 1. The topological polar surface area (TPSA) is 124 Å². The summed E-state index contributed by atoms with van der Waals surface area (Å²) in [7, 11) is 0. The number of amides is 1. The molecule has 0 saturated heterocycles. The van der Waals surface area contributed by atoms with E-state index < -0.39 is 16.8 Å². The smallest absolute Gasteiger partial charge is 0.338 e. The molecule has 3 rings (SSSR count). The summed E-state index contributed by atoms with van der Waals surface area (Å²) in [5, 5.41) is 14.1. The molecular weight excluding hydrogens is 484 g/mol. The lowest BCUT2D eigenvalue weighted by Gasteiger charge is -2.26. The lowest BCUT2D eigenvalue weighted by molar-refractivity contribution is -0.385. The van der Waals surface area contributed by atoms with Gasteiger partial charge in [-0.3, -0.25) is 25.2 Å². The van der Waals surface area contributed by atoms with Gasteiger partial charge in [0.05, 0.1) is 30.2 Å².